The van der Waals surface area contributed by atoms with Gasteiger partial charge < -0.3 is 19.9 Å². The molecule has 2 N–H and O–H groups in total. The van der Waals surface area contributed by atoms with Gasteiger partial charge in [0.2, 0.25) is 0 Å². The van der Waals surface area contributed by atoms with Gasteiger partial charge in [-0.2, -0.15) is 0 Å². The maximum absolute atomic E-state index is 12.8. The Morgan fingerprint density at radius 3 is 2.39 bits per heavy atom. The van der Waals surface area contributed by atoms with Gasteiger partial charge in [0, 0.05) is 0 Å². The summed E-state index contributed by atoms with van der Waals surface area (Å²) in [6.07, 6.45) is 0. The van der Waals surface area contributed by atoms with E-state index in [1.54, 1.807) is 38.1 Å². The Morgan fingerprint density at radius 1 is 1.03 bits per heavy atom. The highest BCUT2D eigenvalue weighted by molar-refractivity contribution is 6.04. The summed E-state index contributed by atoms with van der Waals surface area (Å²) in [5.74, 6) is -1.29. The van der Waals surface area contributed by atoms with Crippen molar-refractivity contribution >= 4 is 23.5 Å². The van der Waals surface area contributed by atoms with Crippen LogP contribution in [0.3, 0.4) is 0 Å². The van der Waals surface area contributed by atoms with Crippen molar-refractivity contribution in [3.8, 4) is 0 Å². The molecule has 0 radical (unpaired) electrons. The predicted octanol–water partition coefficient (Wildman–Crippen LogP) is 3.58. The molecule has 1 atom stereocenters. The van der Waals surface area contributed by atoms with Crippen LogP contribution in [0.5, 0.6) is 0 Å². The molecule has 0 unspecified atom stereocenters. The summed E-state index contributed by atoms with van der Waals surface area (Å²) in [5, 5.41) is 9.22. The zero-order chi connectivity index (χ0) is 22.4. The van der Waals surface area contributed by atoms with Crippen molar-refractivity contribution in [1.29, 1.82) is 0 Å². The molecule has 31 heavy (non-hydrogen) atoms. The number of carbonyl (C=O) groups excluding carboxylic acids is 3. The summed E-state index contributed by atoms with van der Waals surface area (Å²) in [5.41, 5.74) is 2.16. The zero-order valence-corrected chi connectivity index (χ0v) is 17.5. The summed E-state index contributed by atoms with van der Waals surface area (Å²) in [6, 6.07) is 16.0. The van der Waals surface area contributed by atoms with Crippen molar-refractivity contribution in [2.75, 3.05) is 11.9 Å². The number of aromatic nitrogens is 1. The Kier molecular flexibility index (Phi) is 6.81. The van der Waals surface area contributed by atoms with Gasteiger partial charge in [-0.3, -0.25) is 9.59 Å². The number of nitrogens with zero attached hydrogens (tertiary/aromatic N) is 1. The molecule has 2 aromatic carbocycles. The summed E-state index contributed by atoms with van der Waals surface area (Å²) >= 11 is 0. The van der Waals surface area contributed by atoms with Crippen molar-refractivity contribution in [2.45, 2.75) is 26.8 Å². The molecule has 3 aromatic rings. The summed E-state index contributed by atoms with van der Waals surface area (Å²) < 4.78 is 9.98. The third-order valence-corrected chi connectivity index (χ3v) is 4.66. The minimum absolute atomic E-state index is 0.197. The maximum atomic E-state index is 12.8. The maximum Gasteiger partial charge on any atom is 0.344 e. The molecule has 0 aliphatic heterocycles. The molecule has 0 aliphatic rings. The number of para-hydroxylation sites is 1. The van der Waals surface area contributed by atoms with E-state index < -0.39 is 18.5 Å². The second-order valence-electron chi connectivity index (χ2n) is 6.97. The largest absolute Gasteiger partial charge is 0.452 e. The van der Waals surface area contributed by atoms with Gasteiger partial charge in [-0.25, -0.2) is 4.79 Å². The molecular weight excluding hydrogens is 398 g/mol. The summed E-state index contributed by atoms with van der Waals surface area (Å²) in [7, 11) is 0. The Labute approximate surface area is 179 Å². The highest BCUT2D eigenvalue weighted by Crippen LogP contribution is 2.18. The van der Waals surface area contributed by atoms with Gasteiger partial charge >= 0.3 is 5.97 Å². The van der Waals surface area contributed by atoms with Crippen LogP contribution in [0.1, 0.15) is 50.7 Å². The highest BCUT2D eigenvalue weighted by atomic mass is 16.5. The number of rotatable bonds is 7. The Morgan fingerprint density at radius 2 is 1.71 bits per heavy atom. The number of amides is 2. The number of benzene rings is 2. The fraction of sp³-hybridized carbons (Fsp3) is 0.217. The first-order valence-corrected chi connectivity index (χ1v) is 9.71. The molecule has 0 saturated heterocycles. The Bertz CT molecular complexity index is 1070. The zero-order valence-electron chi connectivity index (χ0n) is 17.5. The highest BCUT2D eigenvalue weighted by Gasteiger charge is 2.21. The fourth-order valence-electron chi connectivity index (χ4n) is 3.05. The van der Waals surface area contributed by atoms with Gasteiger partial charge in [-0.05, 0) is 38.5 Å². The third kappa shape index (κ3) is 5.36. The molecular formula is C23H23N3O5. The molecule has 0 aliphatic carbocycles. The van der Waals surface area contributed by atoms with E-state index in [1.165, 1.54) is 0 Å². The van der Waals surface area contributed by atoms with E-state index in [-0.39, 0.29) is 17.5 Å². The lowest BCUT2D eigenvalue weighted by atomic mass is 10.1. The van der Waals surface area contributed by atoms with Crippen LogP contribution in [0.4, 0.5) is 5.69 Å². The van der Waals surface area contributed by atoms with Crippen LogP contribution in [-0.2, 0) is 9.53 Å². The molecule has 1 heterocycles. The molecule has 2 amide bonds. The van der Waals surface area contributed by atoms with Gasteiger partial charge in [0.1, 0.15) is 11.3 Å². The molecule has 8 nitrogen and oxygen atoms in total. The van der Waals surface area contributed by atoms with Crippen LogP contribution in [0.25, 0.3) is 0 Å². The van der Waals surface area contributed by atoms with Crippen molar-refractivity contribution in [3.05, 3.63) is 82.7 Å². The predicted molar refractivity (Wildman–Crippen MR) is 114 cm³/mol. The molecule has 0 bridgehead atoms. The number of carbonyl (C=O) groups is 3. The number of anilines is 1. The molecule has 8 heteroatoms. The fourth-order valence-corrected chi connectivity index (χ4v) is 3.05. The van der Waals surface area contributed by atoms with Crippen LogP contribution in [-0.4, -0.2) is 29.5 Å². The van der Waals surface area contributed by atoms with Crippen LogP contribution < -0.4 is 10.6 Å². The molecule has 1 aromatic heterocycles. The van der Waals surface area contributed by atoms with Crippen molar-refractivity contribution in [3.63, 3.8) is 0 Å². The smallest absolute Gasteiger partial charge is 0.344 e. The van der Waals surface area contributed by atoms with Gasteiger partial charge in [0.25, 0.3) is 11.8 Å². The summed E-state index contributed by atoms with van der Waals surface area (Å²) in [4.78, 5) is 37.2. The minimum Gasteiger partial charge on any atom is -0.452 e. The van der Waals surface area contributed by atoms with E-state index >= 15 is 0 Å². The lowest BCUT2D eigenvalue weighted by molar-refractivity contribution is -0.119. The van der Waals surface area contributed by atoms with Crippen LogP contribution in [0, 0.1) is 13.8 Å². The molecule has 0 fully saturated rings. The van der Waals surface area contributed by atoms with E-state index in [0.29, 0.717) is 22.7 Å². The van der Waals surface area contributed by atoms with Crippen LogP contribution in [0.15, 0.2) is 59.1 Å². The second-order valence-corrected chi connectivity index (χ2v) is 6.97. The van der Waals surface area contributed by atoms with Crippen molar-refractivity contribution in [2.24, 2.45) is 0 Å². The van der Waals surface area contributed by atoms with Gasteiger partial charge in [-0.1, -0.05) is 47.6 Å². The molecule has 160 valence electrons. The first-order chi connectivity index (χ1) is 14.9. The van der Waals surface area contributed by atoms with E-state index in [9.17, 15) is 14.4 Å². The molecule has 3 rings (SSSR count). The van der Waals surface area contributed by atoms with E-state index in [0.717, 1.165) is 5.56 Å². The number of aryl methyl sites for hydroxylation is 2. The van der Waals surface area contributed by atoms with Crippen molar-refractivity contribution in [1.82, 2.24) is 10.5 Å². The normalized spacial score (nSPS) is 11.5. The first kappa shape index (κ1) is 21.8. The number of nitrogens with one attached hydrogen (secondary N) is 2. The second kappa shape index (κ2) is 9.71. The number of ether oxygens (including phenoxy) is 1. The molecule has 0 saturated carbocycles. The Balaban J connectivity index is 1.62. The van der Waals surface area contributed by atoms with E-state index in [2.05, 4.69) is 15.8 Å². The van der Waals surface area contributed by atoms with Crippen LogP contribution >= 0.6 is 0 Å². The first-order valence-electron chi connectivity index (χ1n) is 9.71. The SMILES string of the molecule is Cc1noc(C)c1C(=O)OCC(=O)Nc1ccccc1C(=O)N[C@H](C)c1ccccc1. The monoisotopic (exact) mass is 421 g/mol. The van der Waals surface area contributed by atoms with E-state index in [1.807, 2.05) is 37.3 Å². The quantitative estimate of drug-likeness (QED) is 0.564. The number of hydrogen-bond donors (Lipinski definition) is 2. The average molecular weight is 421 g/mol. The van der Waals surface area contributed by atoms with Crippen molar-refractivity contribution < 1.29 is 23.6 Å². The minimum atomic E-state index is -0.700. The third-order valence-electron chi connectivity index (χ3n) is 4.66. The lowest BCUT2D eigenvalue weighted by Crippen LogP contribution is -2.28. The molecule has 0 spiro atoms. The van der Waals surface area contributed by atoms with Gasteiger partial charge in [0.15, 0.2) is 6.61 Å². The standard InChI is InChI=1S/C23H23N3O5/c1-14(17-9-5-4-6-10-17)24-22(28)18-11-7-8-12-19(18)25-20(27)13-30-23(29)21-15(2)26-31-16(21)3/h4-12,14H,13H2,1-3H3,(H,24,28)(H,25,27)/t14-/m1/s1. The van der Waals surface area contributed by atoms with Gasteiger partial charge in [-0.15, -0.1) is 0 Å². The number of esters is 1. The lowest BCUT2D eigenvalue weighted by Gasteiger charge is -2.16. The Hall–Kier alpha value is -3.94. The number of hydrogen-bond acceptors (Lipinski definition) is 6. The van der Waals surface area contributed by atoms with Gasteiger partial charge in [0.05, 0.1) is 23.0 Å². The van der Waals surface area contributed by atoms with E-state index in [4.69, 9.17) is 9.26 Å². The average Bonchev–Trinajstić information content (AvgIpc) is 3.11. The summed E-state index contributed by atoms with van der Waals surface area (Å²) in [6.45, 7) is 4.56. The topological polar surface area (TPSA) is 111 Å². The van der Waals surface area contributed by atoms with Crippen LogP contribution in [0.2, 0.25) is 0 Å².